The Labute approximate surface area is 169 Å². The predicted molar refractivity (Wildman–Crippen MR) is 103 cm³/mol. The molecule has 1 amide bonds. The number of hydrogen-bond acceptors (Lipinski definition) is 5. The molecule has 3 rings (SSSR count). The number of methoxy groups -OCH3 is 1. The standard InChI is InChI=1S/C20H19F3N2O5/c1-28-10-11-29-16-7-6-13(20(21,22)23)12-14(16)24-18(26)8-9-25-15-4-2-3-5-17(15)30-19(25)27/h2-7,12H,8-11H2,1H3,(H,24,26). The van der Waals surface area contributed by atoms with Crippen molar-refractivity contribution in [3.8, 4) is 5.75 Å². The Bertz CT molecular complexity index is 1090. The Kier molecular flexibility index (Phi) is 6.46. The van der Waals surface area contributed by atoms with Gasteiger partial charge in [0.25, 0.3) is 0 Å². The molecule has 0 unspecified atom stereocenters. The van der Waals surface area contributed by atoms with Gasteiger partial charge >= 0.3 is 11.9 Å². The molecule has 0 fully saturated rings. The van der Waals surface area contributed by atoms with Gasteiger partial charge in [0.15, 0.2) is 5.58 Å². The van der Waals surface area contributed by atoms with Crippen molar-refractivity contribution in [2.24, 2.45) is 0 Å². The van der Waals surface area contributed by atoms with Gasteiger partial charge in [0, 0.05) is 20.1 Å². The third kappa shape index (κ3) is 5.01. The van der Waals surface area contributed by atoms with Crippen molar-refractivity contribution >= 4 is 22.7 Å². The first kappa shape index (κ1) is 21.4. The molecule has 1 heterocycles. The fourth-order valence-corrected chi connectivity index (χ4v) is 2.82. The first-order valence-corrected chi connectivity index (χ1v) is 9.01. The van der Waals surface area contributed by atoms with E-state index in [1.807, 2.05) is 0 Å². The van der Waals surface area contributed by atoms with E-state index in [0.29, 0.717) is 11.1 Å². The number of nitrogens with one attached hydrogen (secondary N) is 1. The van der Waals surface area contributed by atoms with Gasteiger partial charge in [-0.2, -0.15) is 13.2 Å². The van der Waals surface area contributed by atoms with Crippen LogP contribution in [0.25, 0.3) is 11.1 Å². The average Bonchev–Trinajstić information content (AvgIpc) is 3.02. The highest BCUT2D eigenvalue weighted by molar-refractivity contribution is 5.92. The zero-order valence-electron chi connectivity index (χ0n) is 16.0. The van der Waals surface area contributed by atoms with E-state index in [-0.39, 0.29) is 37.6 Å². The molecule has 0 radical (unpaired) electrons. The third-order valence-corrected chi connectivity index (χ3v) is 4.26. The number of para-hydroxylation sites is 2. The number of amides is 1. The van der Waals surface area contributed by atoms with Crippen LogP contribution >= 0.6 is 0 Å². The van der Waals surface area contributed by atoms with E-state index in [9.17, 15) is 22.8 Å². The molecular formula is C20H19F3N2O5. The smallest absolute Gasteiger partial charge is 0.419 e. The quantitative estimate of drug-likeness (QED) is 0.558. The van der Waals surface area contributed by atoms with E-state index in [1.165, 1.54) is 11.7 Å². The number of oxazole rings is 1. The summed E-state index contributed by atoms with van der Waals surface area (Å²) in [6, 6.07) is 9.55. The SMILES string of the molecule is COCCOc1ccc(C(F)(F)F)cc1NC(=O)CCn1c(=O)oc2ccccc21. The second kappa shape index (κ2) is 9.04. The number of aromatic nitrogens is 1. The molecule has 30 heavy (non-hydrogen) atoms. The Hall–Kier alpha value is -3.27. The molecule has 1 aromatic heterocycles. The van der Waals surface area contributed by atoms with Crippen LogP contribution in [0.2, 0.25) is 0 Å². The molecule has 0 aliphatic rings. The summed E-state index contributed by atoms with van der Waals surface area (Å²) >= 11 is 0. The summed E-state index contributed by atoms with van der Waals surface area (Å²) in [6.07, 6.45) is -4.73. The first-order valence-electron chi connectivity index (χ1n) is 9.01. The number of alkyl halides is 3. The molecule has 1 N–H and O–H groups in total. The average molecular weight is 424 g/mol. The van der Waals surface area contributed by atoms with Crippen LogP contribution in [0, 0.1) is 0 Å². The number of carbonyl (C=O) groups excluding carboxylic acids is 1. The summed E-state index contributed by atoms with van der Waals surface area (Å²) in [4.78, 5) is 24.4. The zero-order chi connectivity index (χ0) is 21.7. The number of aryl methyl sites for hydroxylation is 1. The molecule has 3 aromatic rings. The summed E-state index contributed by atoms with van der Waals surface area (Å²) in [5, 5.41) is 2.43. The molecule has 10 heteroatoms. The van der Waals surface area contributed by atoms with Gasteiger partial charge in [0.1, 0.15) is 12.4 Å². The molecular weight excluding hydrogens is 405 g/mol. The van der Waals surface area contributed by atoms with Crippen LogP contribution in [-0.2, 0) is 22.3 Å². The van der Waals surface area contributed by atoms with Crippen LogP contribution in [0.3, 0.4) is 0 Å². The second-order valence-electron chi connectivity index (χ2n) is 6.34. The zero-order valence-corrected chi connectivity index (χ0v) is 16.0. The fraction of sp³-hybridized carbons (Fsp3) is 0.300. The molecule has 2 aromatic carbocycles. The predicted octanol–water partition coefficient (Wildman–Crippen LogP) is 3.67. The topological polar surface area (TPSA) is 82.7 Å². The van der Waals surface area contributed by atoms with Crippen molar-refractivity contribution in [2.45, 2.75) is 19.1 Å². The van der Waals surface area contributed by atoms with E-state index >= 15 is 0 Å². The molecule has 0 saturated carbocycles. The summed E-state index contributed by atoms with van der Waals surface area (Å²) in [7, 11) is 1.46. The number of hydrogen-bond donors (Lipinski definition) is 1. The summed E-state index contributed by atoms with van der Waals surface area (Å²) in [5.41, 5.74) is -0.128. The molecule has 0 aliphatic heterocycles. The monoisotopic (exact) mass is 424 g/mol. The van der Waals surface area contributed by atoms with E-state index in [1.54, 1.807) is 24.3 Å². The van der Waals surface area contributed by atoms with Gasteiger partial charge in [-0.25, -0.2) is 4.79 Å². The molecule has 0 bridgehead atoms. The minimum Gasteiger partial charge on any atom is -0.489 e. The Morgan fingerprint density at radius 3 is 2.67 bits per heavy atom. The Balaban J connectivity index is 1.75. The van der Waals surface area contributed by atoms with Crippen LogP contribution in [0.4, 0.5) is 18.9 Å². The van der Waals surface area contributed by atoms with Gasteiger partial charge in [-0.1, -0.05) is 12.1 Å². The van der Waals surface area contributed by atoms with Crippen molar-refractivity contribution in [3.63, 3.8) is 0 Å². The van der Waals surface area contributed by atoms with Crippen molar-refractivity contribution in [3.05, 3.63) is 58.6 Å². The normalized spacial score (nSPS) is 11.6. The van der Waals surface area contributed by atoms with Gasteiger partial charge in [-0.15, -0.1) is 0 Å². The van der Waals surface area contributed by atoms with Crippen LogP contribution in [-0.4, -0.2) is 30.8 Å². The maximum absolute atomic E-state index is 13.0. The van der Waals surface area contributed by atoms with E-state index in [4.69, 9.17) is 13.9 Å². The Morgan fingerprint density at radius 1 is 1.17 bits per heavy atom. The molecule has 160 valence electrons. The largest absolute Gasteiger partial charge is 0.489 e. The lowest BCUT2D eigenvalue weighted by molar-refractivity contribution is -0.137. The maximum Gasteiger partial charge on any atom is 0.419 e. The van der Waals surface area contributed by atoms with Crippen molar-refractivity contribution in [1.29, 1.82) is 0 Å². The van der Waals surface area contributed by atoms with E-state index in [0.717, 1.165) is 18.2 Å². The van der Waals surface area contributed by atoms with Gasteiger partial charge in [-0.05, 0) is 30.3 Å². The van der Waals surface area contributed by atoms with Crippen molar-refractivity contribution in [2.75, 3.05) is 25.6 Å². The minimum atomic E-state index is -4.58. The summed E-state index contributed by atoms with van der Waals surface area (Å²) < 4.78 is 55.8. The van der Waals surface area contributed by atoms with Crippen LogP contribution in [0.15, 0.2) is 51.7 Å². The number of halogens is 3. The Morgan fingerprint density at radius 2 is 1.93 bits per heavy atom. The van der Waals surface area contributed by atoms with E-state index < -0.39 is 23.4 Å². The number of fused-ring (bicyclic) bond motifs is 1. The second-order valence-corrected chi connectivity index (χ2v) is 6.34. The van der Waals surface area contributed by atoms with Crippen molar-refractivity contribution < 1.29 is 31.9 Å². The lowest BCUT2D eigenvalue weighted by Gasteiger charge is -2.15. The lowest BCUT2D eigenvalue weighted by Crippen LogP contribution is -2.20. The molecule has 7 nitrogen and oxygen atoms in total. The number of rotatable bonds is 8. The summed E-state index contributed by atoms with van der Waals surface area (Å²) in [5.74, 6) is -1.12. The van der Waals surface area contributed by atoms with Crippen LogP contribution in [0.1, 0.15) is 12.0 Å². The number of anilines is 1. The minimum absolute atomic E-state index is 0.000503. The van der Waals surface area contributed by atoms with Crippen LogP contribution < -0.4 is 15.8 Å². The van der Waals surface area contributed by atoms with Gasteiger partial charge in [-0.3, -0.25) is 9.36 Å². The lowest BCUT2D eigenvalue weighted by atomic mass is 10.1. The highest BCUT2D eigenvalue weighted by Gasteiger charge is 2.31. The number of carbonyl (C=O) groups is 1. The number of nitrogens with zero attached hydrogens (tertiary/aromatic N) is 1. The molecule has 0 spiro atoms. The van der Waals surface area contributed by atoms with Gasteiger partial charge in [0.05, 0.1) is 23.4 Å². The van der Waals surface area contributed by atoms with Crippen LogP contribution in [0.5, 0.6) is 5.75 Å². The molecule has 0 aliphatic carbocycles. The third-order valence-electron chi connectivity index (χ3n) is 4.26. The van der Waals surface area contributed by atoms with Gasteiger partial charge in [0.2, 0.25) is 5.91 Å². The van der Waals surface area contributed by atoms with Gasteiger partial charge < -0.3 is 19.2 Å². The first-order chi connectivity index (χ1) is 14.3. The number of benzene rings is 2. The highest BCUT2D eigenvalue weighted by atomic mass is 19.4. The molecule has 0 atom stereocenters. The maximum atomic E-state index is 13.0. The van der Waals surface area contributed by atoms with E-state index in [2.05, 4.69) is 5.32 Å². The number of ether oxygens (including phenoxy) is 2. The fourth-order valence-electron chi connectivity index (χ4n) is 2.82. The summed E-state index contributed by atoms with van der Waals surface area (Å²) in [6.45, 7) is 0.326. The molecule has 0 saturated heterocycles. The highest BCUT2D eigenvalue weighted by Crippen LogP contribution is 2.35. The van der Waals surface area contributed by atoms with Crippen molar-refractivity contribution in [1.82, 2.24) is 4.57 Å².